The van der Waals surface area contributed by atoms with Crippen molar-refractivity contribution < 1.29 is 14.4 Å². The van der Waals surface area contributed by atoms with E-state index in [1.165, 1.54) is 6.92 Å². The summed E-state index contributed by atoms with van der Waals surface area (Å²) in [6.45, 7) is 3.28. The summed E-state index contributed by atoms with van der Waals surface area (Å²) in [5, 5.41) is 7.79. The van der Waals surface area contributed by atoms with Crippen molar-refractivity contribution in [2.45, 2.75) is 32.7 Å². The van der Waals surface area contributed by atoms with Gasteiger partial charge in [-0.25, -0.2) is 4.79 Å². The van der Waals surface area contributed by atoms with E-state index in [0.717, 1.165) is 10.9 Å². The molecule has 0 saturated carbocycles. The van der Waals surface area contributed by atoms with Gasteiger partial charge < -0.3 is 16.0 Å². The number of hydrogen-bond acceptors (Lipinski definition) is 3. The number of amides is 3. The van der Waals surface area contributed by atoms with E-state index in [2.05, 4.69) is 31.9 Å². The van der Waals surface area contributed by atoms with Crippen LogP contribution in [-0.4, -0.2) is 30.3 Å². The lowest BCUT2D eigenvalue weighted by Gasteiger charge is -2.18. The summed E-state index contributed by atoms with van der Waals surface area (Å²) >= 11 is 3.31. The average Bonchev–Trinajstić information content (AvgIpc) is 2.46. The van der Waals surface area contributed by atoms with Crippen molar-refractivity contribution in [3.05, 3.63) is 28.7 Å². The van der Waals surface area contributed by atoms with Gasteiger partial charge in [0.2, 0.25) is 5.91 Å². The highest BCUT2D eigenvalue weighted by atomic mass is 79.9. The summed E-state index contributed by atoms with van der Waals surface area (Å²) in [6.07, 6.45) is 1.23. The summed E-state index contributed by atoms with van der Waals surface area (Å²) in [7, 11) is 0. The molecular weight excluding hydrogens is 350 g/mol. The Bertz CT molecular complexity index is 531. The molecule has 0 aliphatic heterocycles. The standard InChI is InChI=1S/C15H20BrN3O3/c1-3-4-13(14(21)17-9-10(2)20)19-15(22)18-12-7-5-11(16)6-8-12/h5-8,13H,3-4,9H2,1-2H3,(H,17,21)(H2,18,19,22)/t13-/m0/s1. The molecule has 0 aliphatic carbocycles. The predicted molar refractivity (Wildman–Crippen MR) is 88.7 cm³/mol. The maximum absolute atomic E-state index is 12.0. The van der Waals surface area contributed by atoms with Gasteiger partial charge in [-0.15, -0.1) is 0 Å². The SMILES string of the molecule is CCC[C@H](NC(=O)Nc1ccc(Br)cc1)C(=O)NCC(C)=O. The fourth-order valence-electron chi connectivity index (χ4n) is 1.75. The zero-order chi connectivity index (χ0) is 16.5. The van der Waals surface area contributed by atoms with Gasteiger partial charge in [-0.05, 0) is 37.6 Å². The van der Waals surface area contributed by atoms with Crippen LogP contribution in [0, 0.1) is 0 Å². The van der Waals surface area contributed by atoms with Crippen molar-refractivity contribution in [1.82, 2.24) is 10.6 Å². The molecule has 0 spiro atoms. The summed E-state index contributed by atoms with van der Waals surface area (Å²) in [6, 6.07) is 5.97. The highest BCUT2D eigenvalue weighted by molar-refractivity contribution is 9.10. The van der Waals surface area contributed by atoms with Gasteiger partial charge in [0.25, 0.3) is 0 Å². The second-order valence-corrected chi connectivity index (χ2v) is 5.78. The highest BCUT2D eigenvalue weighted by Gasteiger charge is 2.19. The molecule has 0 bridgehead atoms. The maximum atomic E-state index is 12.0. The molecule has 1 aromatic rings. The van der Waals surface area contributed by atoms with Gasteiger partial charge >= 0.3 is 6.03 Å². The third kappa shape index (κ3) is 6.71. The molecule has 3 amide bonds. The van der Waals surface area contributed by atoms with Gasteiger partial charge in [0.15, 0.2) is 0 Å². The first-order valence-corrected chi connectivity index (χ1v) is 7.82. The molecule has 0 saturated heterocycles. The Morgan fingerprint density at radius 1 is 1.18 bits per heavy atom. The maximum Gasteiger partial charge on any atom is 0.319 e. The molecule has 0 aliphatic rings. The number of anilines is 1. The molecule has 0 unspecified atom stereocenters. The summed E-state index contributed by atoms with van der Waals surface area (Å²) in [5.41, 5.74) is 0.625. The second-order valence-electron chi connectivity index (χ2n) is 4.87. The number of carbonyl (C=O) groups excluding carboxylic acids is 3. The van der Waals surface area contributed by atoms with Crippen molar-refractivity contribution in [2.75, 3.05) is 11.9 Å². The first-order chi connectivity index (χ1) is 10.4. The number of carbonyl (C=O) groups is 3. The third-order valence-corrected chi connectivity index (χ3v) is 3.34. The van der Waals surface area contributed by atoms with Crippen molar-refractivity contribution in [3.8, 4) is 0 Å². The van der Waals surface area contributed by atoms with Crippen LogP contribution in [-0.2, 0) is 9.59 Å². The van der Waals surface area contributed by atoms with E-state index in [1.807, 2.05) is 6.92 Å². The quantitative estimate of drug-likeness (QED) is 0.689. The van der Waals surface area contributed by atoms with Crippen LogP contribution < -0.4 is 16.0 Å². The van der Waals surface area contributed by atoms with Gasteiger partial charge in [0.05, 0.1) is 6.54 Å². The molecule has 6 nitrogen and oxygen atoms in total. The van der Waals surface area contributed by atoms with Gasteiger partial charge in [0.1, 0.15) is 11.8 Å². The van der Waals surface area contributed by atoms with Crippen LogP contribution in [0.3, 0.4) is 0 Å². The number of nitrogens with one attached hydrogen (secondary N) is 3. The zero-order valence-corrected chi connectivity index (χ0v) is 14.2. The number of hydrogen-bond donors (Lipinski definition) is 3. The Morgan fingerprint density at radius 3 is 2.36 bits per heavy atom. The molecule has 0 aromatic heterocycles. The van der Waals surface area contributed by atoms with E-state index in [0.29, 0.717) is 12.1 Å². The Hall–Kier alpha value is -1.89. The highest BCUT2D eigenvalue weighted by Crippen LogP contribution is 2.14. The van der Waals surface area contributed by atoms with Gasteiger partial charge in [-0.2, -0.15) is 0 Å². The minimum Gasteiger partial charge on any atom is -0.347 e. The fourth-order valence-corrected chi connectivity index (χ4v) is 2.02. The molecular formula is C15H20BrN3O3. The van der Waals surface area contributed by atoms with Crippen LogP contribution in [0.15, 0.2) is 28.7 Å². The second kappa shape index (κ2) is 9.19. The Balaban J connectivity index is 2.57. The van der Waals surface area contributed by atoms with Gasteiger partial charge in [-0.3, -0.25) is 9.59 Å². The van der Waals surface area contributed by atoms with Crippen molar-refractivity contribution in [2.24, 2.45) is 0 Å². The van der Waals surface area contributed by atoms with Crippen LogP contribution in [0.4, 0.5) is 10.5 Å². The first-order valence-electron chi connectivity index (χ1n) is 7.02. The van der Waals surface area contributed by atoms with Crippen LogP contribution >= 0.6 is 15.9 Å². The van der Waals surface area contributed by atoms with Crippen LogP contribution in [0.25, 0.3) is 0 Å². The van der Waals surface area contributed by atoms with E-state index in [9.17, 15) is 14.4 Å². The molecule has 0 fully saturated rings. The van der Waals surface area contributed by atoms with E-state index >= 15 is 0 Å². The number of halogens is 1. The predicted octanol–water partition coefficient (Wildman–Crippen LogP) is 2.44. The summed E-state index contributed by atoms with van der Waals surface area (Å²) in [4.78, 5) is 34.8. The van der Waals surface area contributed by atoms with Crippen LogP contribution in [0.1, 0.15) is 26.7 Å². The van der Waals surface area contributed by atoms with E-state index in [1.54, 1.807) is 24.3 Å². The fraction of sp³-hybridized carbons (Fsp3) is 0.400. The minimum absolute atomic E-state index is 0.0327. The van der Waals surface area contributed by atoms with E-state index < -0.39 is 12.1 Å². The first kappa shape index (κ1) is 18.2. The number of benzene rings is 1. The molecule has 0 heterocycles. The smallest absolute Gasteiger partial charge is 0.319 e. The number of urea groups is 1. The number of Topliss-reactive ketones (excluding diaryl/α,β-unsaturated/α-hetero) is 1. The van der Waals surface area contributed by atoms with Crippen molar-refractivity contribution in [3.63, 3.8) is 0 Å². The normalized spacial score (nSPS) is 11.4. The molecule has 3 N–H and O–H groups in total. The number of rotatable bonds is 7. The van der Waals surface area contributed by atoms with Gasteiger partial charge in [-0.1, -0.05) is 29.3 Å². The molecule has 120 valence electrons. The molecule has 22 heavy (non-hydrogen) atoms. The van der Waals surface area contributed by atoms with Gasteiger partial charge in [0, 0.05) is 10.2 Å². The monoisotopic (exact) mass is 369 g/mol. The summed E-state index contributed by atoms with van der Waals surface area (Å²) < 4.78 is 0.908. The minimum atomic E-state index is -0.667. The van der Waals surface area contributed by atoms with E-state index in [4.69, 9.17) is 0 Å². The van der Waals surface area contributed by atoms with Crippen LogP contribution in [0.5, 0.6) is 0 Å². The molecule has 7 heteroatoms. The number of ketones is 1. The van der Waals surface area contributed by atoms with Crippen molar-refractivity contribution >= 4 is 39.3 Å². The average molecular weight is 370 g/mol. The lowest BCUT2D eigenvalue weighted by atomic mass is 10.1. The molecule has 1 aromatic carbocycles. The Kier molecular flexibility index (Phi) is 7.59. The molecule has 1 rings (SSSR count). The lowest BCUT2D eigenvalue weighted by Crippen LogP contribution is -2.48. The molecule has 1 atom stereocenters. The lowest BCUT2D eigenvalue weighted by molar-refractivity contribution is -0.125. The largest absolute Gasteiger partial charge is 0.347 e. The molecule has 0 radical (unpaired) electrons. The Morgan fingerprint density at radius 2 is 1.82 bits per heavy atom. The topological polar surface area (TPSA) is 87.3 Å². The van der Waals surface area contributed by atoms with Crippen LogP contribution in [0.2, 0.25) is 0 Å². The zero-order valence-electron chi connectivity index (χ0n) is 12.6. The van der Waals surface area contributed by atoms with Crippen molar-refractivity contribution in [1.29, 1.82) is 0 Å². The Labute approximate surface area is 138 Å². The summed E-state index contributed by atoms with van der Waals surface area (Å²) in [5.74, 6) is -0.495. The third-order valence-electron chi connectivity index (χ3n) is 2.81. The van der Waals surface area contributed by atoms with E-state index in [-0.39, 0.29) is 18.2 Å².